The van der Waals surface area contributed by atoms with Crippen LogP contribution in [-0.2, 0) is 14.5 Å². The smallest absolute Gasteiger partial charge is 0.323 e. The van der Waals surface area contributed by atoms with Gasteiger partial charge in [0.25, 0.3) is 0 Å². The minimum Gasteiger partial charge on any atom is -0.468 e. The third kappa shape index (κ3) is 2.89. The first-order valence-corrected chi connectivity index (χ1v) is 7.30. The van der Waals surface area contributed by atoms with E-state index in [1.807, 2.05) is 13.0 Å². The fourth-order valence-electron chi connectivity index (χ4n) is 2.12. The van der Waals surface area contributed by atoms with Crippen LogP contribution < -0.4 is 5.32 Å². The number of methoxy groups -OCH3 is 1. The summed E-state index contributed by atoms with van der Waals surface area (Å²) in [4.78, 5) is 10.4. The zero-order chi connectivity index (χ0) is 14.0. The van der Waals surface area contributed by atoms with Crippen LogP contribution in [0.5, 0.6) is 0 Å². The minimum atomic E-state index is -1.10. The molecule has 4 nitrogen and oxygen atoms in total. The van der Waals surface area contributed by atoms with Crippen LogP contribution in [0, 0.1) is 0 Å². The van der Waals surface area contributed by atoms with Crippen molar-refractivity contribution < 1.29 is 14.6 Å². The molecule has 0 aromatic heterocycles. The summed E-state index contributed by atoms with van der Waals surface area (Å²) in [6.07, 6.45) is 0. The maximum Gasteiger partial charge on any atom is 0.323 e. The molecule has 0 spiro atoms. The Balaban J connectivity index is 2.20. The molecule has 0 bridgehead atoms. The summed E-state index contributed by atoms with van der Waals surface area (Å²) in [5.74, 6) is 0.132. The van der Waals surface area contributed by atoms with E-state index in [4.69, 9.17) is 16.3 Å². The second kappa shape index (κ2) is 5.71. The molecule has 1 aliphatic heterocycles. The molecule has 0 unspecified atom stereocenters. The van der Waals surface area contributed by atoms with E-state index >= 15 is 0 Å². The summed E-state index contributed by atoms with van der Waals surface area (Å²) in [5.41, 5.74) is 0.730. The van der Waals surface area contributed by atoms with Gasteiger partial charge in [0.05, 0.1) is 7.11 Å². The Bertz CT molecular complexity index is 485. The van der Waals surface area contributed by atoms with E-state index in [0.717, 1.165) is 5.56 Å². The monoisotopic (exact) mass is 301 g/mol. The predicted molar refractivity (Wildman–Crippen MR) is 76.2 cm³/mol. The number of rotatable bonds is 2. The van der Waals surface area contributed by atoms with Gasteiger partial charge in [0.2, 0.25) is 0 Å². The third-order valence-electron chi connectivity index (χ3n) is 3.23. The quantitative estimate of drug-likeness (QED) is 0.815. The summed E-state index contributed by atoms with van der Waals surface area (Å²) in [5, 5.41) is 14.5. The number of benzene rings is 1. The fourth-order valence-corrected chi connectivity index (χ4v) is 3.58. The number of halogens is 1. The molecule has 104 valence electrons. The van der Waals surface area contributed by atoms with Gasteiger partial charge < -0.3 is 9.84 Å². The first-order chi connectivity index (χ1) is 8.97. The van der Waals surface area contributed by atoms with E-state index in [-0.39, 0.29) is 12.0 Å². The number of thioether (sulfide) groups is 1. The summed E-state index contributed by atoms with van der Waals surface area (Å²) in [6, 6.07) is 6.44. The molecular formula is C13H16ClNO3S. The molecule has 3 atom stereocenters. The first kappa shape index (κ1) is 14.7. The van der Waals surface area contributed by atoms with Crippen LogP contribution in [0.15, 0.2) is 24.3 Å². The van der Waals surface area contributed by atoms with Gasteiger partial charge in [-0.2, -0.15) is 0 Å². The van der Waals surface area contributed by atoms with Crippen molar-refractivity contribution in [3.8, 4) is 0 Å². The van der Waals surface area contributed by atoms with Crippen molar-refractivity contribution in [2.24, 2.45) is 0 Å². The topological polar surface area (TPSA) is 58.6 Å². The lowest BCUT2D eigenvalue weighted by Gasteiger charge is -2.41. The first-order valence-electron chi connectivity index (χ1n) is 5.93. The number of hydrogen-bond acceptors (Lipinski definition) is 5. The Hall–Kier alpha value is -0.750. The highest BCUT2D eigenvalue weighted by Crippen LogP contribution is 2.41. The van der Waals surface area contributed by atoms with Crippen molar-refractivity contribution in [3.63, 3.8) is 0 Å². The van der Waals surface area contributed by atoms with Gasteiger partial charge in [0.1, 0.15) is 6.04 Å². The summed E-state index contributed by atoms with van der Waals surface area (Å²) in [6.45, 7) is 1.84. The minimum absolute atomic E-state index is 0.297. The maximum atomic E-state index is 11.5. The van der Waals surface area contributed by atoms with E-state index in [2.05, 4.69) is 5.32 Å². The Morgan fingerprint density at radius 3 is 2.95 bits per heavy atom. The Morgan fingerprint density at radius 1 is 1.63 bits per heavy atom. The number of esters is 1. The predicted octanol–water partition coefficient (Wildman–Crippen LogP) is 1.75. The van der Waals surface area contributed by atoms with Crippen molar-refractivity contribution in [1.29, 1.82) is 0 Å². The third-order valence-corrected chi connectivity index (χ3v) is 5.00. The second-order valence-electron chi connectivity index (χ2n) is 4.48. The van der Waals surface area contributed by atoms with E-state index in [1.165, 1.54) is 18.9 Å². The lowest BCUT2D eigenvalue weighted by molar-refractivity contribution is -0.143. The van der Waals surface area contributed by atoms with Crippen LogP contribution in [0.4, 0.5) is 0 Å². The van der Waals surface area contributed by atoms with Gasteiger partial charge in [-0.1, -0.05) is 23.7 Å². The SMILES string of the molecule is COC(=O)[C@H]1CS[C@](O)(c2cccc(Cl)c2)[C@@H](C)N1. The average Bonchev–Trinajstić information content (AvgIpc) is 2.41. The zero-order valence-electron chi connectivity index (χ0n) is 10.7. The molecule has 1 fully saturated rings. The van der Waals surface area contributed by atoms with Gasteiger partial charge in [0, 0.05) is 16.8 Å². The molecule has 0 aliphatic carbocycles. The normalized spacial score (nSPS) is 30.9. The maximum absolute atomic E-state index is 11.5. The van der Waals surface area contributed by atoms with Gasteiger partial charge in [-0.15, -0.1) is 11.8 Å². The highest BCUT2D eigenvalue weighted by atomic mass is 35.5. The molecule has 6 heteroatoms. The van der Waals surface area contributed by atoms with Crippen molar-refractivity contribution in [2.75, 3.05) is 12.9 Å². The molecule has 1 aliphatic rings. The summed E-state index contributed by atoms with van der Waals surface area (Å²) < 4.78 is 4.71. The van der Waals surface area contributed by atoms with E-state index in [9.17, 15) is 9.90 Å². The Morgan fingerprint density at radius 2 is 2.37 bits per heavy atom. The molecule has 0 saturated carbocycles. The molecule has 0 amide bonds. The fraction of sp³-hybridized carbons (Fsp3) is 0.462. The molecule has 19 heavy (non-hydrogen) atoms. The van der Waals surface area contributed by atoms with E-state index in [1.54, 1.807) is 18.2 Å². The Labute approximate surface area is 121 Å². The van der Waals surface area contributed by atoms with Crippen molar-refractivity contribution in [1.82, 2.24) is 5.32 Å². The Kier molecular flexibility index (Phi) is 4.40. The van der Waals surface area contributed by atoms with Gasteiger partial charge in [-0.25, -0.2) is 0 Å². The number of ether oxygens (including phenoxy) is 1. The summed E-state index contributed by atoms with van der Waals surface area (Å²) in [7, 11) is 1.36. The molecule has 0 radical (unpaired) electrons. The number of carbonyl (C=O) groups is 1. The van der Waals surface area contributed by atoms with Crippen molar-refractivity contribution >= 4 is 29.3 Å². The highest BCUT2D eigenvalue weighted by molar-refractivity contribution is 8.00. The van der Waals surface area contributed by atoms with Crippen LogP contribution in [0.25, 0.3) is 0 Å². The standard InChI is InChI=1S/C13H16ClNO3S/c1-8-13(17,9-4-3-5-10(14)6-9)19-7-11(15-8)12(16)18-2/h3-6,8,11,15,17H,7H2,1-2H3/t8-,11-,13+/m1/s1. The second-order valence-corrected chi connectivity index (χ2v) is 6.16. The van der Waals surface area contributed by atoms with Crippen molar-refractivity contribution in [2.45, 2.75) is 23.9 Å². The highest BCUT2D eigenvalue weighted by Gasteiger charge is 2.43. The number of carbonyl (C=O) groups excluding carboxylic acids is 1. The molecule has 1 aromatic rings. The van der Waals surface area contributed by atoms with E-state index in [0.29, 0.717) is 10.8 Å². The molecule has 1 aromatic carbocycles. The lowest BCUT2D eigenvalue weighted by atomic mass is 10.0. The van der Waals surface area contributed by atoms with Crippen LogP contribution in [0.1, 0.15) is 12.5 Å². The number of nitrogens with one attached hydrogen (secondary N) is 1. The van der Waals surface area contributed by atoms with Crippen molar-refractivity contribution in [3.05, 3.63) is 34.9 Å². The average molecular weight is 302 g/mol. The van der Waals surface area contributed by atoms with Crippen LogP contribution in [0.3, 0.4) is 0 Å². The summed E-state index contributed by atoms with van der Waals surface area (Å²) >= 11 is 7.28. The number of hydrogen-bond donors (Lipinski definition) is 2. The van der Waals surface area contributed by atoms with Gasteiger partial charge in [0.15, 0.2) is 4.93 Å². The van der Waals surface area contributed by atoms with Crippen LogP contribution in [0.2, 0.25) is 5.02 Å². The number of aliphatic hydroxyl groups is 1. The molecule has 1 heterocycles. The lowest BCUT2D eigenvalue weighted by Crippen LogP contribution is -2.57. The van der Waals surface area contributed by atoms with Crippen LogP contribution in [-0.4, -0.2) is 36.0 Å². The molecule has 1 saturated heterocycles. The van der Waals surface area contributed by atoms with E-state index < -0.39 is 11.0 Å². The van der Waals surface area contributed by atoms with Gasteiger partial charge >= 0.3 is 5.97 Å². The van der Waals surface area contributed by atoms with Gasteiger partial charge in [-0.05, 0) is 24.6 Å². The van der Waals surface area contributed by atoms with Gasteiger partial charge in [-0.3, -0.25) is 10.1 Å². The largest absolute Gasteiger partial charge is 0.468 e. The molecule has 2 N–H and O–H groups in total. The van der Waals surface area contributed by atoms with Crippen LogP contribution >= 0.6 is 23.4 Å². The molecular weight excluding hydrogens is 286 g/mol. The molecule has 2 rings (SSSR count). The zero-order valence-corrected chi connectivity index (χ0v) is 12.3.